The largest absolute Gasteiger partial charge is 0.444 e. The Morgan fingerprint density at radius 1 is 1.29 bits per heavy atom. The van der Waals surface area contributed by atoms with Crippen LogP contribution in [0.1, 0.15) is 40.0 Å². The molecule has 0 aliphatic heterocycles. The first kappa shape index (κ1) is 12.4. The standard InChI is InChI=1S/C13H21NO3/c1-13(2,3)17-12(16)14-11-9-5-4-8(6-9)10(11)7-15/h7-11H,4-6H2,1-3H3,(H,14,16)/t8-,9+,10-,11+/m0/s1. The fourth-order valence-corrected chi connectivity index (χ4v) is 3.19. The van der Waals surface area contributed by atoms with Gasteiger partial charge in [0.1, 0.15) is 11.9 Å². The summed E-state index contributed by atoms with van der Waals surface area (Å²) in [6.07, 6.45) is 3.92. The summed E-state index contributed by atoms with van der Waals surface area (Å²) in [5.41, 5.74) is -0.488. The second kappa shape index (κ2) is 4.31. The smallest absolute Gasteiger partial charge is 0.407 e. The molecule has 0 radical (unpaired) electrons. The molecular weight excluding hydrogens is 218 g/mol. The maximum absolute atomic E-state index is 11.7. The van der Waals surface area contributed by atoms with Gasteiger partial charge < -0.3 is 14.8 Å². The van der Waals surface area contributed by atoms with Crippen LogP contribution in [-0.2, 0) is 9.53 Å². The summed E-state index contributed by atoms with van der Waals surface area (Å²) in [5, 5.41) is 2.88. The molecular formula is C13H21NO3. The van der Waals surface area contributed by atoms with Crippen LogP contribution in [0.4, 0.5) is 4.79 Å². The van der Waals surface area contributed by atoms with E-state index in [1.165, 1.54) is 0 Å². The third kappa shape index (κ3) is 2.61. The molecule has 2 aliphatic rings. The lowest BCUT2D eigenvalue weighted by atomic mass is 9.85. The molecule has 0 heterocycles. The number of rotatable bonds is 2. The Morgan fingerprint density at radius 2 is 1.94 bits per heavy atom. The van der Waals surface area contributed by atoms with Crippen LogP contribution in [0.2, 0.25) is 0 Å². The zero-order valence-corrected chi connectivity index (χ0v) is 10.7. The Labute approximate surface area is 102 Å². The van der Waals surface area contributed by atoms with E-state index in [1.807, 2.05) is 20.8 Å². The van der Waals surface area contributed by atoms with Crippen molar-refractivity contribution in [1.82, 2.24) is 5.32 Å². The van der Waals surface area contributed by atoms with Crippen molar-refractivity contribution < 1.29 is 14.3 Å². The number of amides is 1. The lowest BCUT2D eigenvalue weighted by Crippen LogP contribution is -2.46. The summed E-state index contributed by atoms with van der Waals surface area (Å²) in [6.45, 7) is 5.51. The molecule has 0 aromatic heterocycles. The molecule has 0 spiro atoms. The minimum atomic E-state index is -0.488. The number of hydrogen-bond acceptors (Lipinski definition) is 3. The number of carbonyl (C=O) groups is 2. The molecule has 17 heavy (non-hydrogen) atoms. The lowest BCUT2D eigenvalue weighted by molar-refractivity contribution is -0.113. The van der Waals surface area contributed by atoms with Crippen LogP contribution in [0.5, 0.6) is 0 Å². The highest BCUT2D eigenvalue weighted by Gasteiger charge is 2.48. The predicted molar refractivity (Wildman–Crippen MR) is 63.5 cm³/mol. The molecule has 2 bridgehead atoms. The number of ether oxygens (including phenoxy) is 1. The molecule has 4 atom stereocenters. The normalized spacial score (nSPS) is 35.7. The number of hydrogen-bond donors (Lipinski definition) is 1. The molecule has 2 aliphatic carbocycles. The average Bonchev–Trinajstić information content (AvgIpc) is 2.74. The van der Waals surface area contributed by atoms with E-state index in [2.05, 4.69) is 5.32 Å². The van der Waals surface area contributed by atoms with E-state index in [0.29, 0.717) is 11.8 Å². The van der Waals surface area contributed by atoms with Crippen LogP contribution in [0.25, 0.3) is 0 Å². The third-order valence-electron chi connectivity index (χ3n) is 3.82. The molecule has 2 rings (SSSR count). The number of aldehydes is 1. The fraction of sp³-hybridized carbons (Fsp3) is 0.846. The Hall–Kier alpha value is -1.06. The molecule has 0 aromatic carbocycles. The van der Waals surface area contributed by atoms with Gasteiger partial charge in [-0.25, -0.2) is 4.79 Å². The van der Waals surface area contributed by atoms with Gasteiger partial charge in [-0.3, -0.25) is 0 Å². The van der Waals surface area contributed by atoms with Gasteiger partial charge in [-0.2, -0.15) is 0 Å². The van der Waals surface area contributed by atoms with E-state index < -0.39 is 11.7 Å². The molecule has 2 saturated carbocycles. The first-order valence-electron chi connectivity index (χ1n) is 6.35. The van der Waals surface area contributed by atoms with Gasteiger partial charge in [-0.1, -0.05) is 0 Å². The first-order valence-corrected chi connectivity index (χ1v) is 6.35. The number of carbonyl (C=O) groups excluding carboxylic acids is 2. The summed E-state index contributed by atoms with van der Waals surface area (Å²) in [4.78, 5) is 22.8. The summed E-state index contributed by atoms with van der Waals surface area (Å²) in [5.74, 6) is 0.918. The van der Waals surface area contributed by atoms with E-state index in [9.17, 15) is 9.59 Å². The van der Waals surface area contributed by atoms with Gasteiger partial charge in [-0.15, -0.1) is 0 Å². The second-order valence-electron chi connectivity index (χ2n) is 6.22. The fourth-order valence-electron chi connectivity index (χ4n) is 3.19. The maximum Gasteiger partial charge on any atom is 0.407 e. The Kier molecular flexibility index (Phi) is 3.15. The van der Waals surface area contributed by atoms with E-state index >= 15 is 0 Å². The monoisotopic (exact) mass is 239 g/mol. The van der Waals surface area contributed by atoms with Crippen molar-refractivity contribution in [2.45, 2.75) is 51.7 Å². The Morgan fingerprint density at radius 3 is 2.53 bits per heavy atom. The van der Waals surface area contributed by atoms with Gasteiger partial charge in [0.25, 0.3) is 0 Å². The van der Waals surface area contributed by atoms with Crippen LogP contribution in [0.15, 0.2) is 0 Å². The van der Waals surface area contributed by atoms with Gasteiger partial charge in [0.2, 0.25) is 0 Å². The summed E-state index contributed by atoms with van der Waals surface area (Å²) < 4.78 is 5.23. The van der Waals surface area contributed by atoms with Crippen molar-refractivity contribution in [2.75, 3.05) is 0 Å². The van der Waals surface area contributed by atoms with Gasteiger partial charge in [-0.05, 0) is 51.9 Å². The average molecular weight is 239 g/mol. The Balaban J connectivity index is 1.94. The molecule has 1 N–H and O–H groups in total. The van der Waals surface area contributed by atoms with Crippen LogP contribution in [0, 0.1) is 17.8 Å². The third-order valence-corrected chi connectivity index (χ3v) is 3.82. The van der Waals surface area contributed by atoms with Crippen molar-refractivity contribution >= 4 is 12.4 Å². The first-order chi connectivity index (χ1) is 7.90. The number of alkyl carbamates (subject to hydrolysis) is 1. The van der Waals surface area contributed by atoms with E-state index in [1.54, 1.807) is 0 Å². The molecule has 0 unspecified atom stereocenters. The Bertz CT molecular complexity index is 321. The predicted octanol–water partition coefficient (Wildman–Crippen LogP) is 2.12. The van der Waals surface area contributed by atoms with Crippen LogP contribution in [0.3, 0.4) is 0 Å². The lowest BCUT2D eigenvalue weighted by Gasteiger charge is -2.29. The zero-order chi connectivity index (χ0) is 12.6. The van der Waals surface area contributed by atoms with Crippen LogP contribution in [-0.4, -0.2) is 24.0 Å². The van der Waals surface area contributed by atoms with Gasteiger partial charge in [0, 0.05) is 12.0 Å². The molecule has 2 fully saturated rings. The van der Waals surface area contributed by atoms with Gasteiger partial charge in [0.05, 0.1) is 0 Å². The van der Waals surface area contributed by atoms with Crippen molar-refractivity contribution in [3.8, 4) is 0 Å². The molecule has 4 heteroatoms. The number of nitrogens with one attached hydrogen (secondary N) is 1. The SMILES string of the molecule is CC(C)(C)OC(=O)N[C@@H]1[C@@H]2CC[C@@H](C2)[C@@H]1C=O. The van der Waals surface area contributed by atoms with Crippen LogP contribution < -0.4 is 5.32 Å². The quantitative estimate of drug-likeness (QED) is 0.751. The molecule has 1 amide bonds. The van der Waals surface area contributed by atoms with Crippen molar-refractivity contribution in [1.29, 1.82) is 0 Å². The highest BCUT2D eigenvalue weighted by atomic mass is 16.6. The van der Waals surface area contributed by atoms with Gasteiger partial charge in [0.15, 0.2) is 0 Å². The zero-order valence-electron chi connectivity index (χ0n) is 10.7. The van der Waals surface area contributed by atoms with Crippen LogP contribution >= 0.6 is 0 Å². The van der Waals surface area contributed by atoms with Crippen molar-refractivity contribution in [3.63, 3.8) is 0 Å². The van der Waals surface area contributed by atoms with Gasteiger partial charge >= 0.3 is 6.09 Å². The minimum Gasteiger partial charge on any atom is -0.444 e. The molecule has 0 aromatic rings. The van der Waals surface area contributed by atoms with E-state index in [0.717, 1.165) is 25.5 Å². The van der Waals surface area contributed by atoms with Crippen molar-refractivity contribution in [2.24, 2.45) is 17.8 Å². The highest BCUT2D eigenvalue weighted by molar-refractivity contribution is 5.69. The number of fused-ring (bicyclic) bond motifs is 2. The summed E-state index contributed by atoms with van der Waals surface area (Å²) in [7, 11) is 0. The molecule has 96 valence electrons. The minimum absolute atomic E-state index is 0.0127. The van der Waals surface area contributed by atoms with E-state index in [4.69, 9.17) is 4.74 Å². The highest BCUT2D eigenvalue weighted by Crippen LogP contribution is 2.47. The maximum atomic E-state index is 11.7. The second-order valence-corrected chi connectivity index (χ2v) is 6.22. The molecule has 0 saturated heterocycles. The summed E-state index contributed by atoms with van der Waals surface area (Å²) in [6, 6.07) is -0.0129. The summed E-state index contributed by atoms with van der Waals surface area (Å²) >= 11 is 0. The molecule has 4 nitrogen and oxygen atoms in total. The van der Waals surface area contributed by atoms with E-state index in [-0.39, 0.29) is 12.0 Å². The van der Waals surface area contributed by atoms with Crippen molar-refractivity contribution in [3.05, 3.63) is 0 Å². The topological polar surface area (TPSA) is 55.4 Å².